The van der Waals surface area contributed by atoms with E-state index in [1.807, 2.05) is 12.1 Å². The van der Waals surface area contributed by atoms with Crippen molar-refractivity contribution in [3.63, 3.8) is 0 Å². The van der Waals surface area contributed by atoms with E-state index in [1.54, 1.807) is 48.5 Å². The smallest absolute Gasteiger partial charge is 0.261 e. The first-order valence-electron chi connectivity index (χ1n) is 9.12. The van der Waals surface area contributed by atoms with Gasteiger partial charge in [0.2, 0.25) is 0 Å². The van der Waals surface area contributed by atoms with Gasteiger partial charge in [0.15, 0.2) is 0 Å². The van der Waals surface area contributed by atoms with Crippen LogP contribution in [0.5, 0.6) is 0 Å². The largest absolute Gasteiger partial charge is 0.367 e. The third-order valence-corrected chi connectivity index (χ3v) is 5.08. The van der Waals surface area contributed by atoms with Crippen molar-refractivity contribution in [2.45, 2.75) is 6.10 Å². The van der Waals surface area contributed by atoms with Crippen LogP contribution < -0.4 is 0 Å². The number of nitrogens with zero attached hydrogens (tertiary/aromatic N) is 1. The van der Waals surface area contributed by atoms with Crippen molar-refractivity contribution < 1.29 is 18.7 Å². The van der Waals surface area contributed by atoms with Crippen molar-refractivity contribution in [3.05, 3.63) is 106 Å². The zero-order chi connectivity index (χ0) is 20.4. The molecule has 1 aliphatic heterocycles. The Balaban J connectivity index is 1.50. The second kappa shape index (κ2) is 8.15. The van der Waals surface area contributed by atoms with Gasteiger partial charge in [-0.15, -0.1) is 0 Å². The lowest BCUT2D eigenvalue weighted by Gasteiger charge is -2.21. The van der Waals surface area contributed by atoms with Crippen LogP contribution in [0.3, 0.4) is 0 Å². The Morgan fingerprint density at radius 3 is 1.90 bits per heavy atom. The minimum atomic E-state index is -0.483. The monoisotopic (exact) mass is 409 g/mol. The lowest BCUT2D eigenvalue weighted by atomic mass is 10.0. The van der Waals surface area contributed by atoms with Crippen molar-refractivity contribution in [1.29, 1.82) is 0 Å². The maximum absolute atomic E-state index is 13.3. The molecule has 0 N–H and O–H groups in total. The molecule has 3 aromatic carbocycles. The topological polar surface area (TPSA) is 46.6 Å². The van der Waals surface area contributed by atoms with Gasteiger partial charge in [-0.3, -0.25) is 14.5 Å². The van der Waals surface area contributed by atoms with Crippen LogP contribution >= 0.6 is 11.6 Å². The van der Waals surface area contributed by atoms with Gasteiger partial charge >= 0.3 is 0 Å². The van der Waals surface area contributed by atoms with Crippen molar-refractivity contribution >= 4 is 23.4 Å². The van der Waals surface area contributed by atoms with Crippen LogP contribution in [-0.4, -0.2) is 29.9 Å². The molecule has 0 spiro atoms. The molecule has 4 nitrogen and oxygen atoms in total. The first-order valence-corrected chi connectivity index (χ1v) is 9.50. The van der Waals surface area contributed by atoms with E-state index in [-0.39, 0.29) is 30.8 Å². The standard InChI is InChI=1S/C23H17ClFNO3/c24-17-9-5-15(6-10-17)21(16-7-11-18(25)12-8-16)29-14-13-26-22(27)19-3-1-2-4-20(19)23(26)28/h1-12,21H,13-14H2. The molecule has 2 amide bonds. The highest BCUT2D eigenvalue weighted by molar-refractivity contribution is 6.30. The third kappa shape index (κ3) is 3.92. The number of benzene rings is 3. The van der Waals surface area contributed by atoms with Crippen molar-refractivity contribution in [1.82, 2.24) is 4.90 Å². The fourth-order valence-electron chi connectivity index (χ4n) is 3.36. The van der Waals surface area contributed by atoms with E-state index in [2.05, 4.69) is 0 Å². The third-order valence-electron chi connectivity index (χ3n) is 4.82. The van der Waals surface area contributed by atoms with E-state index in [9.17, 15) is 14.0 Å². The van der Waals surface area contributed by atoms with Gasteiger partial charge in [0.1, 0.15) is 11.9 Å². The summed E-state index contributed by atoms with van der Waals surface area (Å²) in [5.74, 6) is -0.979. The van der Waals surface area contributed by atoms with Gasteiger partial charge in [0.25, 0.3) is 11.8 Å². The van der Waals surface area contributed by atoms with E-state index >= 15 is 0 Å². The zero-order valence-electron chi connectivity index (χ0n) is 15.3. The first kappa shape index (κ1) is 19.3. The van der Waals surface area contributed by atoms with E-state index in [0.717, 1.165) is 11.1 Å². The van der Waals surface area contributed by atoms with E-state index in [4.69, 9.17) is 16.3 Å². The number of amides is 2. The van der Waals surface area contributed by atoms with Crippen molar-refractivity contribution in [2.24, 2.45) is 0 Å². The molecular weight excluding hydrogens is 393 g/mol. The number of carbonyl (C=O) groups is 2. The van der Waals surface area contributed by atoms with Crippen LogP contribution in [-0.2, 0) is 4.74 Å². The van der Waals surface area contributed by atoms with E-state index < -0.39 is 6.10 Å². The highest BCUT2D eigenvalue weighted by Gasteiger charge is 2.34. The summed E-state index contributed by atoms with van der Waals surface area (Å²) in [6, 6.07) is 19.9. The molecule has 0 radical (unpaired) electrons. The number of ether oxygens (including phenoxy) is 1. The number of hydrogen-bond acceptors (Lipinski definition) is 3. The minimum Gasteiger partial charge on any atom is -0.367 e. The molecule has 0 aliphatic carbocycles. The van der Waals surface area contributed by atoms with Gasteiger partial charge in [-0.1, -0.05) is 48.0 Å². The molecule has 0 fully saturated rings. The van der Waals surface area contributed by atoms with Crippen LogP contribution in [0.15, 0.2) is 72.8 Å². The zero-order valence-corrected chi connectivity index (χ0v) is 16.1. The Kier molecular flexibility index (Phi) is 5.43. The summed E-state index contributed by atoms with van der Waals surface area (Å²) in [6.45, 7) is 0.258. The van der Waals surface area contributed by atoms with Crippen LogP contribution in [0.25, 0.3) is 0 Å². The molecule has 0 saturated carbocycles. The van der Waals surface area contributed by atoms with Gasteiger partial charge in [0.05, 0.1) is 24.3 Å². The quantitative estimate of drug-likeness (QED) is 0.545. The van der Waals surface area contributed by atoms with Crippen LogP contribution in [0.2, 0.25) is 5.02 Å². The van der Waals surface area contributed by atoms with Crippen molar-refractivity contribution in [3.8, 4) is 0 Å². The van der Waals surface area contributed by atoms with Gasteiger partial charge in [-0.05, 0) is 47.5 Å². The SMILES string of the molecule is O=C1c2ccccc2C(=O)N1CCOC(c1ccc(F)cc1)c1ccc(Cl)cc1. The van der Waals surface area contributed by atoms with Crippen LogP contribution in [0.4, 0.5) is 4.39 Å². The summed E-state index contributed by atoms with van der Waals surface area (Å²) in [6.07, 6.45) is -0.483. The lowest BCUT2D eigenvalue weighted by Crippen LogP contribution is -2.33. The predicted molar refractivity (Wildman–Crippen MR) is 107 cm³/mol. The summed E-state index contributed by atoms with van der Waals surface area (Å²) in [7, 11) is 0. The number of fused-ring (bicyclic) bond motifs is 1. The van der Waals surface area contributed by atoms with Gasteiger partial charge < -0.3 is 4.74 Å². The van der Waals surface area contributed by atoms with E-state index in [0.29, 0.717) is 16.1 Å². The number of carbonyl (C=O) groups excluding carboxylic acids is 2. The molecule has 0 bridgehead atoms. The summed E-state index contributed by atoms with van der Waals surface area (Å²) in [4.78, 5) is 26.2. The number of hydrogen-bond donors (Lipinski definition) is 0. The second-order valence-electron chi connectivity index (χ2n) is 6.66. The summed E-state index contributed by atoms with van der Waals surface area (Å²) >= 11 is 5.98. The van der Waals surface area contributed by atoms with Crippen LogP contribution in [0.1, 0.15) is 37.9 Å². The normalized spacial score (nSPS) is 14.2. The summed E-state index contributed by atoms with van der Waals surface area (Å²) in [5, 5.41) is 0.595. The average molecular weight is 410 g/mol. The Hall–Kier alpha value is -3.02. The molecule has 1 unspecified atom stereocenters. The fourth-order valence-corrected chi connectivity index (χ4v) is 3.49. The number of imide groups is 1. The molecular formula is C23H17ClFNO3. The second-order valence-corrected chi connectivity index (χ2v) is 7.10. The summed E-state index contributed by atoms with van der Waals surface area (Å²) in [5.41, 5.74) is 2.41. The summed E-state index contributed by atoms with van der Waals surface area (Å²) < 4.78 is 19.4. The molecule has 0 aromatic heterocycles. The Labute approximate surface area is 172 Å². The lowest BCUT2D eigenvalue weighted by molar-refractivity contribution is 0.0453. The van der Waals surface area contributed by atoms with Gasteiger partial charge in [0, 0.05) is 5.02 Å². The minimum absolute atomic E-state index is 0.123. The molecule has 0 saturated heterocycles. The molecule has 3 aromatic rings. The number of rotatable bonds is 6. The molecule has 29 heavy (non-hydrogen) atoms. The van der Waals surface area contributed by atoms with E-state index in [1.165, 1.54) is 17.0 Å². The fraction of sp³-hybridized carbons (Fsp3) is 0.130. The molecule has 1 aliphatic rings. The van der Waals surface area contributed by atoms with Crippen LogP contribution in [0, 0.1) is 5.82 Å². The van der Waals surface area contributed by atoms with Gasteiger partial charge in [-0.2, -0.15) is 0 Å². The Morgan fingerprint density at radius 2 is 1.34 bits per heavy atom. The highest BCUT2D eigenvalue weighted by Crippen LogP contribution is 2.28. The molecule has 4 rings (SSSR count). The molecule has 1 atom stereocenters. The highest BCUT2D eigenvalue weighted by atomic mass is 35.5. The van der Waals surface area contributed by atoms with Crippen molar-refractivity contribution in [2.75, 3.05) is 13.2 Å². The first-order chi connectivity index (χ1) is 14.0. The predicted octanol–water partition coefficient (Wildman–Crippen LogP) is 4.88. The molecule has 146 valence electrons. The molecule has 6 heteroatoms. The molecule has 1 heterocycles. The maximum atomic E-state index is 13.3. The maximum Gasteiger partial charge on any atom is 0.261 e. The van der Waals surface area contributed by atoms with Gasteiger partial charge in [-0.25, -0.2) is 4.39 Å². The Morgan fingerprint density at radius 1 is 0.828 bits per heavy atom. The number of halogens is 2. The average Bonchev–Trinajstić information content (AvgIpc) is 2.98. The Bertz CT molecular complexity index is 970.